The molecule has 1 rings (SSSR count). The fraction of sp³-hybridized carbons (Fsp3) is 0.643. The summed E-state index contributed by atoms with van der Waals surface area (Å²) >= 11 is 0. The molecule has 0 aromatic heterocycles. The van der Waals surface area contributed by atoms with Gasteiger partial charge >= 0.3 is 0 Å². The molecule has 0 radical (unpaired) electrons. The molecule has 1 heteroatoms. The average Bonchev–Trinajstić information content (AvgIpc) is 2.62. The van der Waals surface area contributed by atoms with Gasteiger partial charge in [0.25, 0.3) is 0 Å². The second kappa shape index (κ2) is 6.60. The number of ketones is 1. The predicted molar refractivity (Wildman–Crippen MR) is 64.8 cm³/mol. The van der Waals surface area contributed by atoms with Crippen molar-refractivity contribution in [3.8, 4) is 0 Å². The lowest BCUT2D eigenvalue weighted by atomic mass is 9.98. The monoisotopic (exact) mass is 206 g/mol. The van der Waals surface area contributed by atoms with Crippen LogP contribution in [0.15, 0.2) is 24.3 Å². The van der Waals surface area contributed by atoms with Crippen molar-refractivity contribution < 1.29 is 4.79 Å². The second-order valence-electron chi connectivity index (χ2n) is 4.52. The van der Waals surface area contributed by atoms with Gasteiger partial charge < -0.3 is 0 Å². The molecule has 0 unspecified atom stereocenters. The van der Waals surface area contributed by atoms with E-state index in [0.29, 0.717) is 11.7 Å². The molecule has 0 spiro atoms. The fourth-order valence-corrected chi connectivity index (χ4v) is 1.99. The highest BCUT2D eigenvalue weighted by Gasteiger charge is 2.13. The largest absolute Gasteiger partial charge is 0.300 e. The van der Waals surface area contributed by atoms with E-state index in [1.807, 2.05) is 0 Å². The number of carbonyl (C=O) groups is 1. The smallest absolute Gasteiger partial charge is 0.132 e. The summed E-state index contributed by atoms with van der Waals surface area (Å²) in [4.78, 5) is 11.5. The molecular weight excluding hydrogens is 184 g/mol. The minimum absolute atomic E-state index is 0.439. The predicted octanol–water partition coefficient (Wildman–Crippen LogP) is 4.05. The van der Waals surface area contributed by atoms with Gasteiger partial charge in [0.05, 0.1) is 0 Å². The summed E-state index contributed by atoms with van der Waals surface area (Å²) in [6.07, 6.45) is 11.3. The Morgan fingerprint density at radius 2 is 2.27 bits per heavy atom. The molecule has 1 nitrogen and oxygen atoms in total. The first-order valence-electron chi connectivity index (χ1n) is 6.10. The highest BCUT2D eigenvalue weighted by molar-refractivity contribution is 5.78. The van der Waals surface area contributed by atoms with E-state index in [-0.39, 0.29) is 0 Å². The Labute approximate surface area is 93.3 Å². The van der Waals surface area contributed by atoms with Gasteiger partial charge in [-0.3, -0.25) is 4.79 Å². The number of rotatable bonds is 7. The lowest BCUT2D eigenvalue weighted by Gasteiger charge is -2.06. The molecule has 0 N–H and O–H groups in total. The van der Waals surface area contributed by atoms with Crippen LogP contribution in [0, 0.1) is 5.92 Å². The van der Waals surface area contributed by atoms with E-state index >= 15 is 0 Å². The van der Waals surface area contributed by atoms with Crippen molar-refractivity contribution in [3.63, 3.8) is 0 Å². The first-order chi connectivity index (χ1) is 7.22. The number of unbranched alkanes of at least 4 members (excludes halogenated alkanes) is 2. The third-order valence-corrected chi connectivity index (χ3v) is 2.98. The number of Topliss-reactive ketones (excluding diaryl/α,β-unsaturated/α-hetero) is 1. The Hall–Kier alpha value is -0.850. The summed E-state index contributed by atoms with van der Waals surface area (Å²) in [5.74, 6) is 1.02. The summed E-state index contributed by atoms with van der Waals surface area (Å²) in [5.41, 5.74) is 1.21. The average molecular weight is 206 g/mol. The Morgan fingerprint density at radius 1 is 1.47 bits per heavy atom. The number of hydrogen-bond acceptors (Lipinski definition) is 1. The minimum Gasteiger partial charge on any atom is -0.300 e. The Balaban J connectivity index is 2.07. The Bertz CT molecular complexity index is 250. The highest BCUT2D eigenvalue weighted by Crippen LogP contribution is 2.25. The summed E-state index contributed by atoms with van der Waals surface area (Å²) in [6.45, 7) is 6.09. The molecule has 84 valence electrons. The maximum atomic E-state index is 11.5. The van der Waals surface area contributed by atoms with Crippen LogP contribution in [0.1, 0.15) is 51.9 Å². The zero-order valence-electron chi connectivity index (χ0n) is 9.80. The van der Waals surface area contributed by atoms with Crippen molar-refractivity contribution in [2.24, 2.45) is 5.92 Å². The lowest BCUT2D eigenvalue weighted by Crippen LogP contribution is -2.01. The van der Waals surface area contributed by atoms with E-state index in [1.54, 1.807) is 0 Å². The van der Waals surface area contributed by atoms with E-state index in [2.05, 4.69) is 25.7 Å². The van der Waals surface area contributed by atoms with Crippen molar-refractivity contribution in [1.29, 1.82) is 0 Å². The van der Waals surface area contributed by atoms with Crippen LogP contribution < -0.4 is 0 Å². The van der Waals surface area contributed by atoms with Gasteiger partial charge in [0.2, 0.25) is 0 Å². The van der Waals surface area contributed by atoms with Gasteiger partial charge in [0.15, 0.2) is 0 Å². The van der Waals surface area contributed by atoms with E-state index in [0.717, 1.165) is 32.1 Å². The van der Waals surface area contributed by atoms with Crippen LogP contribution >= 0.6 is 0 Å². The SMILES string of the molecule is C=C1C=C[C@H](CCC(=O)CCCCC)C1. The quantitative estimate of drug-likeness (QED) is 0.574. The first kappa shape index (κ1) is 12.2. The molecule has 1 aliphatic rings. The summed E-state index contributed by atoms with van der Waals surface area (Å²) in [7, 11) is 0. The molecule has 1 aliphatic carbocycles. The number of allylic oxidation sites excluding steroid dienone is 3. The number of hydrogen-bond donors (Lipinski definition) is 0. The maximum Gasteiger partial charge on any atom is 0.132 e. The van der Waals surface area contributed by atoms with Crippen LogP contribution in [0.5, 0.6) is 0 Å². The van der Waals surface area contributed by atoms with Gasteiger partial charge in [-0.2, -0.15) is 0 Å². The third-order valence-electron chi connectivity index (χ3n) is 2.98. The van der Waals surface area contributed by atoms with Gasteiger partial charge in [0, 0.05) is 12.8 Å². The van der Waals surface area contributed by atoms with E-state index in [9.17, 15) is 4.79 Å². The van der Waals surface area contributed by atoms with Crippen molar-refractivity contribution in [1.82, 2.24) is 0 Å². The standard InChI is InChI=1S/C14H22O/c1-3-4-5-6-14(15)10-9-13-8-7-12(2)11-13/h7-8,13H,2-6,9-11H2,1H3/t13-/m1/s1. The number of carbonyl (C=O) groups excluding carboxylic acids is 1. The molecule has 0 heterocycles. The topological polar surface area (TPSA) is 17.1 Å². The molecule has 0 aromatic rings. The van der Waals surface area contributed by atoms with Crippen LogP contribution in [0.25, 0.3) is 0 Å². The zero-order chi connectivity index (χ0) is 11.1. The van der Waals surface area contributed by atoms with Crippen molar-refractivity contribution in [3.05, 3.63) is 24.3 Å². The Morgan fingerprint density at radius 3 is 2.87 bits per heavy atom. The van der Waals surface area contributed by atoms with Gasteiger partial charge in [0.1, 0.15) is 5.78 Å². The minimum atomic E-state index is 0.439. The van der Waals surface area contributed by atoms with Gasteiger partial charge in [-0.25, -0.2) is 0 Å². The van der Waals surface area contributed by atoms with Crippen LogP contribution in [-0.4, -0.2) is 5.78 Å². The molecular formula is C14H22O. The molecule has 15 heavy (non-hydrogen) atoms. The summed E-state index contributed by atoms with van der Waals surface area (Å²) < 4.78 is 0. The first-order valence-corrected chi connectivity index (χ1v) is 6.10. The van der Waals surface area contributed by atoms with Crippen molar-refractivity contribution in [2.75, 3.05) is 0 Å². The van der Waals surface area contributed by atoms with Crippen LogP contribution in [0.2, 0.25) is 0 Å². The van der Waals surface area contributed by atoms with Crippen LogP contribution in [0.3, 0.4) is 0 Å². The maximum absolute atomic E-state index is 11.5. The highest BCUT2D eigenvalue weighted by atomic mass is 16.1. The summed E-state index contributed by atoms with van der Waals surface area (Å²) in [5, 5.41) is 0. The molecule has 0 amide bonds. The second-order valence-corrected chi connectivity index (χ2v) is 4.52. The molecule has 0 fully saturated rings. The van der Waals surface area contributed by atoms with Crippen molar-refractivity contribution in [2.45, 2.75) is 51.9 Å². The van der Waals surface area contributed by atoms with Crippen LogP contribution in [-0.2, 0) is 4.79 Å². The van der Waals surface area contributed by atoms with E-state index < -0.39 is 0 Å². The lowest BCUT2D eigenvalue weighted by molar-refractivity contribution is -0.119. The normalized spacial score (nSPS) is 19.8. The molecule has 0 saturated heterocycles. The van der Waals surface area contributed by atoms with Crippen LogP contribution in [0.4, 0.5) is 0 Å². The van der Waals surface area contributed by atoms with Gasteiger partial charge in [-0.1, -0.05) is 44.1 Å². The summed E-state index contributed by atoms with van der Waals surface area (Å²) in [6, 6.07) is 0. The van der Waals surface area contributed by atoms with E-state index in [1.165, 1.54) is 18.4 Å². The molecule has 0 saturated carbocycles. The third kappa shape index (κ3) is 4.96. The fourth-order valence-electron chi connectivity index (χ4n) is 1.99. The zero-order valence-corrected chi connectivity index (χ0v) is 9.80. The Kier molecular flexibility index (Phi) is 5.38. The molecule has 1 atom stereocenters. The molecule has 0 aromatic carbocycles. The van der Waals surface area contributed by atoms with E-state index in [4.69, 9.17) is 0 Å². The van der Waals surface area contributed by atoms with Crippen molar-refractivity contribution >= 4 is 5.78 Å². The molecule has 0 aliphatic heterocycles. The van der Waals surface area contributed by atoms with Gasteiger partial charge in [-0.15, -0.1) is 0 Å². The molecule has 0 bridgehead atoms. The van der Waals surface area contributed by atoms with Gasteiger partial charge in [-0.05, 0) is 25.2 Å².